The zero-order valence-electron chi connectivity index (χ0n) is 13.6. The van der Waals surface area contributed by atoms with Gasteiger partial charge in [-0.1, -0.05) is 41.9 Å². The van der Waals surface area contributed by atoms with Crippen molar-refractivity contribution in [2.45, 2.75) is 17.4 Å². The van der Waals surface area contributed by atoms with E-state index in [0.717, 1.165) is 22.8 Å². The maximum Gasteiger partial charge on any atom is 0.218 e. The van der Waals surface area contributed by atoms with Crippen molar-refractivity contribution >= 4 is 33.4 Å². The third kappa shape index (κ3) is 4.76. The molecule has 0 spiro atoms. The van der Waals surface area contributed by atoms with E-state index < -0.39 is 10.0 Å². The molecule has 0 bridgehead atoms. The fraction of sp³-hybridized carbons (Fsp3) is 0.333. The predicted octanol–water partition coefficient (Wildman–Crippen LogP) is 4.49. The van der Waals surface area contributed by atoms with Crippen LogP contribution in [0.3, 0.4) is 0 Å². The predicted molar refractivity (Wildman–Crippen MR) is 102 cm³/mol. The molecule has 1 unspecified atom stereocenters. The van der Waals surface area contributed by atoms with E-state index in [9.17, 15) is 12.8 Å². The summed E-state index contributed by atoms with van der Waals surface area (Å²) in [6.07, 6.45) is 0.719. The minimum Gasteiger partial charge on any atom is -0.212 e. The largest absolute Gasteiger partial charge is 0.218 e. The third-order valence-electron chi connectivity index (χ3n) is 4.21. The van der Waals surface area contributed by atoms with Gasteiger partial charge in [-0.05, 0) is 35.7 Å². The average molecular weight is 400 g/mol. The fourth-order valence-electron chi connectivity index (χ4n) is 2.90. The molecule has 25 heavy (non-hydrogen) atoms. The lowest BCUT2D eigenvalue weighted by Gasteiger charge is -2.20. The Morgan fingerprint density at radius 3 is 2.56 bits per heavy atom. The van der Waals surface area contributed by atoms with Crippen LogP contribution in [0.15, 0.2) is 48.5 Å². The first-order valence-corrected chi connectivity index (χ1v) is 11.1. The number of rotatable bonds is 4. The summed E-state index contributed by atoms with van der Waals surface area (Å²) in [5, 5.41) is 0.919. The SMILES string of the molecule is O=S(=O)(Cc1ccc(F)cc1)N1CCSC(c2ccccc2Cl)CC1. The molecule has 1 saturated heterocycles. The Morgan fingerprint density at radius 2 is 1.84 bits per heavy atom. The van der Waals surface area contributed by atoms with Crippen LogP contribution in [-0.2, 0) is 15.8 Å². The highest BCUT2D eigenvalue weighted by Gasteiger charge is 2.27. The highest BCUT2D eigenvalue weighted by molar-refractivity contribution is 7.99. The molecule has 2 aromatic rings. The Hall–Kier alpha value is -1.08. The van der Waals surface area contributed by atoms with Gasteiger partial charge >= 0.3 is 0 Å². The van der Waals surface area contributed by atoms with E-state index in [4.69, 9.17) is 11.6 Å². The van der Waals surface area contributed by atoms with E-state index in [0.29, 0.717) is 18.7 Å². The Bertz CT molecular complexity index is 827. The maximum atomic E-state index is 13.0. The van der Waals surface area contributed by atoms with Crippen molar-refractivity contribution < 1.29 is 12.8 Å². The van der Waals surface area contributed by atoms with E-state index >= 15 is 0 Å². The molecule has 0 aliphatic carbocycles. The van der Waals surface area contributed by atoms with Gasteiger partial charge in [-0.2, -0.15) is 11.8 Å². The van der Waals surface area contributed by atoms with Crippen LogP contribution in [0.4, 0.5) is 4.39 Å². The van der Waals surface area contributed by atoms with Gasteiger partial charge in [0.25, 0.3) is 0 Å². The number of benzene rings is 2. The van der Waals surface area contributed by atoms with Crippen LogP contribution in [0.2, 0.25) is 5.02 Å². The zero-order chi connectivity index (χ0) is 17.9. The second-order valence-electron chi connectivity index (χ2n) is 5.95. The minimum absolute atomic E-state index is 0.102. The van der Waals surface area contributed by atoms with Crippen molar-refractivity contribution in [1.29, 1.82) is 0 Å². The molecule has 0 radical (unpaired) electrons. The summed E-state index contributed by atoms with van der Waals surface area (Å²) < 4.78 is 39.9. The molecule has 134 valence electrons. The first-order valence-electron chi connectivity index (χ1n) is 8.04. The second kappa shape index (κ2) is 8.08. The minimum atomic E-state index is -3.42. The number of hydrogen-bond acceptors (Lipinski definition) is 3. The summed E-state index contributed by atoms with van der Waals surface area (Å²) in [7, 11) is -3.42. The van der Waals surface area contributed by atoms with Gasteiger partial charge in [0.05, 0.1) is 5.75 Å². The molecule has 0 N–H and O–H groups in total. The standard InChI is InChI=1S/C18H19ClFNO2S2/c19-17-4-2-1-3-16(17)18-9-10-21(11-12-24-18)25(22,23)13-14-5-7-15(20)8-6-14/h1-8,18H,9-13H2. The van der Waals surface area contributed by atoms with Crippen LogP contribution in [0.1, 0.15) is 22.8 Å². The van der Waals surface area contributed by atoms with Crippen molar-refractivity contribution in [1.82, 2.24) is 4.31 Å². The highest BCUT2D eigenvalue weighted by atomic mass is 35.5. The second-order valence-corrected chi connectivity index (χ2v) is 9.64. The first-order chi connectivity index (χ1) is 12.0. The number of nitrogens with zero attached hydrogens (tertiary/aromatic N) is 1. The normalized spacial score (nSPS) is 19.5. The molecule has 0 saturated carbocycles. The van der Waals surface area contributed by atoms with Gasteiger partial charge in [0, 0.05) is 29.1 Å². The number of sulfonamides is 1. The van der Waals surface area contributed by atoms with E-state index in [2.05, 4.69) is 0 Å². The van der Waals surface area contributed by atoms with E-state index in [1.807, 2.05) is 24.3 Å². The van der Waals surface area contributed by atoms with Gasteiger partial charge in [0.15, 0.2) is 0 Å². The molecule has 0 amide bonds. The van der Waals surface area contributed by atoms with Crippen molar-refractivity contribution in [3.8, 4) is 0 Å². The van der Waals surface area contributed by atoms with Crippen LogP contribution in [-0.4, -0.2) is 31.6 Å². The van der Waals surface area contributed by atoms with Gasteiger partial charge in [-0.25, -0.2) is 17.1 Å². The van der Waals surface area contributed by atoms with Crippen LogP contribution in [0.5, 0.6) is 0 Å². The summed E-state index contributed by atoms with van der Waals surface area (Å²) in [6, 6.07) is 13.3. The topological polar surface area (TPSA) is 37.4 Å². The molecular formula is C18H19ClFNO2S2. The molecule has 2 aromatic carbocycles. The van der Waals surface area contributed by atoms with E-state index in [1.165, 1.54) is 24.3 Å². The van der Waals surface area contributed by atoms with Crippen molar-refractivity contribution in [3.05, 3.63) is 70.5 Å². The van der Waals surface area contributed by atoms with Gasteiger partial charge in [0.1, 0.15) is 5.82 Å². The molecule has 0 aromatic heterocycles. The van der Waals surface area contributed by atoms with Gasteiger partial charge in [-0.15, -0.1) is 0 Å². The summed E-state index contributed by atoms with van der Waals surface area (Å²) >= 11 is 8.02. The first kappa shape index (κ1) is 18.7. The summed E-state index contributed by atoms with van der Waals surface area (Å²) in [5.41, 5.74) is 1.66. The van der Waals surface area contributed by atoms with Gasteiger partial charge in [0.2, 0.25) is 10.0 Å². The Labute approximate surface area is 157 Å². The monoisotopic (exact) mass is 399 g/mol. The highest BCUT2D eigenvalue weighted by Crippen LogP contribution is 2.38. The molecule has 7 heteroatoms. The smallest absolute Gasteiger partial charge is 0.212 e. The fourth-order valence-corrected chi connectivity index (χ4v) is 6.16. The Morgan fingerprint density at radius 1 is 1.12 bits per heavy atom. The average Bonchev–Trinajstić information content (AvgIpc) is 2.84. The maximum absolute atomic E-state index is 13.0. The lowest BCUT2D eigenvalue weighted by Crippen LogP contribution is -2.34. The van der Waals surface area contributed by atoms with Crippen molar-refractivity contribution in [3.63, 3.8) is 0 Å². The zero-order valence-corrected chi connectivity index (χ0v) is 16.0. The molecule has 1 atom stereocenters. The summed E-state index contributed by atoms with van der Waals surface area (Å²) in [6.45, 7) is 0.946. The van der Waals surface area contributed by atoms with Crippen LogP contribution >= 0.6 is 23.4 Å². The molecule has 1 aliphatic heterocycles. The van der Waals surface area contributed by atoms with Gasteiger partial charge in [-0.3, -0.25) is 0 Å². The molecule has 1 heterocycles. The number of thioether (sulfide) groups is 1. The van der Waals surface area contributed by atoms with Crippen LogP contribution in [0, 0.1) is 5.82 Å². The molecule has 1 aliphatic rings. The Balaban J connectivity index is 1.69. The summed E-state index contributed by atoms with van der Waals surface area (Å²) in [5.74, 6) is 0.252. The number of halogens is 2. The third-order valence-corrected chi connectivity index (χ3v) is 7.71. The van der Waals surface area contributed by atoms with Gasteiger partial charge < -0.3 is 0 Å². The van der Waals surface area contributed by atoms with Crippen molar-refractivity contribution in [2.75, 3.05) is 18.8 Å². The number of hydrogen-bond donors (Lipinski definition) is 0. The quantitative estimate of drug-likeness (QED) is 0.760. The van der Waals surface area contributed by atoms with Crippen molar-refractivity contribution in [2.24, 2.45) is 0 Å². The molecule has 1 fully saturated rings. The Kier molecular flexibility index (Phi) is 6.04. The van der Waals surface area contributed by atoms with E-state index in [1.54, 1.807) is 16.1 Å². The molecular weight excluding hydrogens is 381 g/mol. The molecule has 3 rings (SSSR count). The lowest BCUT2D eigenvalue weighted by atomic mass is 10.1. The van der Waals surface area contributed by atoms with Crippen LogP contribution < -0.4 is 0 Å². The van der Waals surface area contributed by atoms with E-state index in [-0.39, 0.29) is 16.8 Å². The summed E-state index contributed by atoms with van der Waals surface area (Å²) in [4.78, 5) is 0. The molecule has 3 nitrogen and oxygen atoms in total. The van der Waals surface area contributed by atoms with Crippen LogP contribution in [0.25, 0.3) is 0 Å². The lowest BCUT2D eigenvalue weighted by molar-refractivity contribution is 0.427.